The maximum atomic E-state index is 14.6. The lowest BCUT2D eigenvalue weighted by molar-refractivity contribution is -0.144. The van der Waals surface area contributed by atoms with Gasteiger partial charge in [0, 0.05) is 30.8 Å². The fourth-order valence-electron chi connectivity index (χ4n) is 7.70. The van der Waals surface area contributed by atoms with Gasteiger partial charge in [0.25, 0.3) is 5.91 Å². The Kier molecular flexibility index (Phi) is 14.3. The molecular formula is C38H58ClN7O6. The van der Waals surface area contributed by atoms with Gasteiger partial charge in [0.2, 0.25) is 29.4 Å². The van der Waals surface area contributed by atoms with Crippen molar-refractivity contribution in [1.29, 1.82) is 0 Å². The summed E-state index contributed by atoms with van der Waals surface area (Å²) < 4.78 is 6.14. The average Bonchev–Trinajstić information content (AvgIpc) is 3.85. The number of nitrogens with one attached hydrogen (secondary N) is 4. The zero-order valence-electron chi connectivity index (χ0n) is 31.2. The second-order valence-electron chi connectivity index (χ2n) is 15.6. The van der Waals surface area contributed by atoms with Crippen molar-refractivity contribution in [3.05, 3.63) is 23.4 Å². The molecule has 2 saturated heterocycles. The average molecular weight is 744 g/mol. The van der Waals surface area contributed by atoms with Gasteiger partial charge in [-0.1, -0.05) is 58.1 Å². The number of likely N-dealkylation sites (tertiary alicyclic amines) is 2. The van der Waals surface area contributed by atoms with Crippen molar-refractivity contribution in [2.24, 2.45) is 11.8 Å². The third-order valence-corrected chi connectivity index (χ3v) is 11.2. The number of Topliss-reactive ketones (excluding diaryl/α,β-unsaturated/α-hetero) is 1. The zero-order chi connectivity index (χ0) is 37.4. The number of pyridine rings is 1. The number of halogens is 1. The van der Waals surface area contributed by atoms with Crippen molar-refractivity contribution in [1.82, 2.24) is 36.1 Å². The number of ether oxygens (including phenoxy) is 1. The van der Waals surface area contributed by atoms with Crippen LogP contribution >= 0.6 is 11.6 Å². The van der Waals surface area contributed by atoms with Crippen molar-refractivity contribution in [2.75, 3.05) is 26.7 Å². The molecule has 4 amide bonds. The number of hydrogen-bond donors (Lipinski definition) is 4. The molecule has 0 radical (unpaired) electrons. The van der Waals surface area contributed by atoms with E-state index in [1.165, 1.54) is 11.1 Å². The summed E-state index contributed by atoms with van der Waals surface area (Å²) in [5, 5.41) is 12.8. The number of aromatic nitrogens is 1. The smallest absolute Gasteiger partial charge is 0.289 e. The van der Waals surface area contributed by atoms with Crippen molar-refractivity contribution in [2.45, 2.75) is 140 Å². The number of amides is 4. The summed E-state index contributed by atoms with van der Waals surface area (Å²) >= 11 is 6.03. The SMILES string of the molecule is CCCC(NC(=O)C1C[C@@H](Oc2ccc(Cl)cn2)CN1C(=O)[C@H](NC(=O)[C@@H](NC1CCN(C)CC1)C1CCCCC1)C(C)C)C(=O)C(=O)NC1CC1. The maximum Gasteiger partial charge on any atom is 0.289 e. The van der Waals surface area contributed by atoms with Crippen molar-refractivity contribution in [3.8, 4) is 5.88 Å². The molecular weight excluding hydrogens is 686 g/mol. The topological polar surface area (TPSA) is 162 Å². The summed E-state index contributed by atoms with van der Waals surface area (Å²) in [6.45, 7) is 7.63. The summed E-state index contributed by atoms with van der Waals surface area (Å²) in [6.07, 6.45) is 10.6. The molecule has 0 spiro atoms. The van der Waals surface area contributed by atoms with E-state index in [1.54, 1.807) is 12.1 Å². The normalized spacial score (nSPS) is 23.5. The van der Waals surface area contributed by atoms with Crippen molar-refractivity contribution in [3.63, 3.8) is 0 Å². The highest BCUT2D eigenvalue weighted by Crippen LogP contribution is 2.29. The first-order chi connectivity index (χ1) is 24.9. The minimum absolute atomic E-state index is 0.00258. The van der Waals surface area contributed by atoms with E-state index in [-0.39, 0.29) is 49.2 Å². The van der Waals surface area contributed by atoms with Crippen LogP contribution < -0.4 is 26.0 Å². The van der Waals surface area contributed by atoms with Crippen LogP contribution in [0.3, 0.4) is 0 Å². The lowest BCUT2D eigenvalue weighted by Gasteiger charge is -2.37. The second kappa shape index (κ2) is 18.6. The molecule has 288 valence electrons. The Bertz CT molecular complexity index is 1390. The molecule has 1 aromatic heterocycles. The molecule has 2 unspecified atom stereocenters. The molecule has 5 atom stereocenters. The van der Waals surface area contributed by atoms with Crippen LogP contribution in [0.5, 0.6) is 5.88 Å². The summed E-state index contributed by atoms with van der Waals surface area (Å²) in [5.41, 5.74) is 0. The van der Waals surface area contributed by atoms with E-state index in [0.717, 1.165) is 70.9 Å². The number of piperidine rings is 1. The fraction of sp³-hybridized carbons (Fsp3) is 0.737. The number of ketones is 1. The van der Waals surface area contributed by atoms with Gasteiger partial charge in [0.15, 0.2) is 0 Å². The zero-order valence-corrected chi connectivity index (χ0v) is 32.0. The van der Waals surface area contributed by atoms with E-state index in [4.69, 9.17) is 16.3 Å². The largest absolute Gasteiger partial charge is 0.472 e. The van der Waals surface area contributed by atoms with E-state index in [1.807, 2.05) is 20.8 Å². The quantitative estimate of drug-likeness (QED) is 0.187. The van der Waals surface area contributed by atoms with E-state index < -0.39 is 53.8 Å². The fourth-order valence-corrected chi connectivity index (χ4v) is 7.82. The van der Waals surface area contributed by atoms with Gasteiger partial charge in [-0.25, -0.2) is 4.98 Å². The Morgan fingerprint density at radius 2 is 1.67 bits per heavy atom. The predicted molar refractivity (Wildman–Crippen MR) is 198 cm³/mol. The van der Waals surface area contributed by atoms with Gasteiger partial charge in [-0.05, 0) is 83.0 Å². The highest BCUT2D eigenvalue weighted by atomic mass is 35.5. The molecule has 2 saturated carbocycles. The molecule has 0 bridgehead atoms. The van der Waals surface area contributed by atoms with Crippen LogP contribution in [0.15, 0.2) is 18.3 Å². The summed E-state index contributed by atoms with van der Waals surface area (Å²) in [6, 6.07) is 0.118. The number of carbonyl (C=O) groups is 5. The van der Waals surface area contributed by atoms with Gasteiger partial charge in [-0.15, -0.1) is 0 Å². The highest BCUT2D eigenvalue weighted by molar-refractivity contribution is 6.38. The van der Waals surface area contributed by atoms with Crippen LogP contribution in [0.25, 0.3) is 0 Å². The Labute approximate surface area is 313 Å². The Morgan fingerprint density at radius 1 is 0.962 bits per heavy atom. The van der Waals surface area contributed by atoms with Gasteiger partial charge in [-0.2, -0.15) is 0 Å². The van der Waals surface area contributed by atoms with Gasteiger partial charge in [0.05, 0.1) is 23.7 Å². The van der Waals surface area contributed by atoms with E-state index in [2.05, 4.69) is 38.2 Å². The first kappa shape index (κ1) is 39.9. The Hall–Kier alpha value is -3.29. The summed E-state index contributed by atoms with van der Waals surface area (Å²) in [7, 11) is 2.11. The van der Waals surface area contributed by atoms with Crippen LogP contribution in [0.2, 0.25) is 5.02 Å². The maximum absolute atomic E-state index is 14.6. The van der Waals surface area contributed by atoms with E-state index in [9.17, 15) is 24.0 Å². The molecule has 4 N–H and O–H groups in total. The number of rotatable bonds is 16. The molecule has 0 aromatic carbocycles. The summed E-state index contributed by atoms with van der Waals surface area (Å²) in [4.78, 5) is 76.7. The van der Waals surface area contributed by atoms with Crippen molar-refractivity contribution >= 4 is 41.0 Å². The molecule has 4 aliphatic rings. The van der Waals surface area contributed by atoms with Crippen molar-refractivity contribution < 1.29 is 28.7 Å². The molecule has 3 heterocycles. The minimum atomic E-state index is -1.03. The van der Waals surface area contributed by atoms with Crippen LogP contribution in [0.4, 0.5) is 0 Å². The third kappa shape index (κ3) is 10.9. The summed E-state index contributed by atoms with van der Waals surface area (Å²) in [5.74, 6) is -2.36. The van der Waals surface area contributed by atoms with Gasteiger partial charge >= 0.3 is 0 Å². The van der Waals surface area contributed by atoms with Crippen LogP contribution in [-0.2, 0) is 24.0 Å². The standard InChI is InChI=1S/C38H58ClN7O6/c1-5-9-29(34(47)37(50)42-26-13-14-26)43-35(48)30-20-28(52-31-15-12-25(39)21-40-31)22-46(30)38(51)32(23(2)3)44-36(49)33(24-10-7-6-8-11-24)41-27-16-18-45(4)19-17-27/h12,15,21,23-24,26-30,32-33,41H,5-11,13-14,16-20,22H2,1-4H3,(H,42,50)(H,43,48)(H,44,49)/t28-,29?,30?,32-,33+/m1/s1. The van der Waals surface area contributed by atoms with E-state index >= 15 is 0 Å². The lowest BCUT2D eigenvalue weighted by Crippen LogP contribution is -2.61. The molecule has 52 heavy (non-hydrogen) atoms. The molecule has 2 aliphatic heterocycles. The van der Waals surface area contributed by atoms with Crippen LogP contribution in [-0.4, -0.2) is 113 Å². The second-order valence-corrected chi connectivity index (χ2v) is 16.0. The predicted octanol–water partition coefficient (Wildman–Crippen LogP) is 2.99. The minimum Gasteiger partial charge on any atom is -0.472 e. The third-order valence-electron chi connectivity index (χ3n) is 11.0. The molecule has 13 nitrogen and oxygen atoms in total. The van der Waals surface area contributed by atoms with Crippen LogP contribution in [0, 0.1) is 11.8 Å². The van der Waals surface area contributed by atoms with Crippen LogP contribution in [0.1, 0.15) is 97.8 Å². The van der Waals surface area contributed by atoms with Gasteiger partial charge < -0.3 is 35.8 Å². The molecule has 4 fully saturated rings. The Balaban J connectivity index is 1.34. The van der Waals surface area contributed by atoms with E-state index in [0.29, 0.717) is 17.3 Å². The first-order valence-corrected chi connectivity index (χ1v) is 19.8. The molecule has 2 aliphatic carbocycles. The molecule has 14 heteroatoms. The lowest BCUT2D eigenvalue weighted by atomic mass is 9.82. The first-order valence-electron chi connectivity index (χ1n) is 19.4. The number of carbonyl (C=O) groups excluding carboxylic acids is 5. The Morgan fingerprint density at radius 3 is 2.29 bits per heavy atom. The van der Waals surface area contributed by atoms with Gasteiger partial charge in [0.1, 0.15) is 18.2 Å². The molecule has 5 rings (SSSR count). The monoisotopic (exact) mass is 743 g/mol. The molecule has 1 aromatic rings. The number of hydrogen-bond acceptors (Lipinski definition) is 9. The number of nitrogens with zero attached hydrogens (tertiary/aromatic N) is 3. The van der Waals surface area contributed by atoms with Gasteiger partial charge in [-0.3, -0.25) is 24.0 Å². The highest BCUT2D eigenvalue weighted by Gasteiger charge is 2.45.